The van der Waals surface area contributed by atoms with Gasteiger partial charge in [0.2, 0.25) is 0 Å². The summed E-state index contributed by atoms with van der Waals surface area (Å²) in [5.74, 6) is -0.989. The van der Waals surface area contributed by atoms with Crippen molar-refractivity contribution in [1.82, 2.24) is 15.0 Å². The number of hydrogen-bond donors (Lipinski definition) is 1. The van der Waals surface area contributed by atoms with E-state index in [4.69, 9.17) is 5.73 Å². The maximum Gasteiger partial charge on any atom is 0.267 e. The van der Waals surface area contributed by atoms with E-state index in [0.717, 1.165) is 0 Å². The maximum atomic E-state index is 12.8. The smallest absolute Gasteiger partial charge is 0.267 e. The number of nitrogens with two attached hydrogens (primary N) is 1. The third-order valence-electron chi connectivity index (χ3n) is 3.31. The Hall–Kier alpha value is -3.41. The van der Waals surface area contributed by atoms with Crippen molar-refractivity contribution in [1.29, 1.82) is 0 Å². The number of carbonyl (C=O) groups is 2. The van der Waals surface area contributed by atoms with Crippen LogP contribution >= 0.6 is 0 Å². The highest BCUT2D eigenvalue weighted by molar-refractivity contribution is 6.15. The first kappa shape index (κ1) is 14.5. The van der Waals surface area contributed by atoms with E-state index in [1.165, 1.54) is 24.9 Å². The first-order valence-corrected chi connectivity index (χ1v) is 6.82. The van der Waals surface area contributed by atoms with Crippen LogP contribution in [0.1, 0.15) is 26.4 Å². The van der Waals surface area contributed by atoms with E-state index >= 15 is 0 Å². The molecule has 3 rings (SSSR count). The first-order valence-electron chi connectivity index (χ1n) is 6.82. The normalized spacial score (nSPS) is 10.3. The van der Waals surface area contributed by atoms with E-state index in [-0.39, 0.29) is 11.5 Å². The van der Waals surface area contributed by atoms with Gasteiger partial charge in [-0.05, 0) is 11.6 Å². The molecule has 0 unspecified atom stereocenters. The maximum absolute atomic E-state index is 12.8. The molecule has 0 spiro atoms. The lowest BCUT2D eigenvalue weighted by Crippen LogP contribution is -2.17. The lowest BCUT2D eigenvalue weighted by Gasteiger charge is -2.11. The molecule has 6 heteroatoms. The van der Waals surface area contributed by atoms with Gasteiger partial charge in [0.15, 0.2) is 5.78 Å². The Kier molecular flexibility index (Phi) is 3.88. The summed E-state index contributed by atoms with van der Waals surface area (Å²) in [4.78, 5) is 36.2. The van der Waals surface area contributed by atoms with Gasteiger partial charge in [-0.2, -0.15) is 0 Å². The number of nitrogens with zero attached hydrogens (tertiary/aromatic N) is 3. The molecule has 3 aromatic rings. The highest BCUT2D eigenvalue weighted by atomic mass is 16.1. The van der Waals surface area contributed by atoms with E-state index in [1.54, 1.807) is 18.2 Å². The fraction of sp³-hybridized carbons (Fsp3) is 0. The van der Waals surface area contributed by atoms with Gasteiger partial charge >= 0.3 is 0 Å². The standard InChI is InChI=1S/C17H12N4O2/c18-17(23)15-14(11-4-2-1-3-5-11)13(6-7-21-15)16(22)12-8-19-10-20-9-12/h1-10H,(H2,18,23). The van der Waals surface area contributed by atoms with Crippen LogP contribution in [0.3, 0.4) is 0 Å². The topological polar surface area (TPSA) is 98.8 Å². The summed E-state index contributed by atoms with van der Waals surface area (Å²) in [5, 5.41) is 0. The predicted octanol–water partition coefficient (Wildman–Crippen LogP) is 1.87. The van der Waals surface area contributed by atoms with Crippen LogP contribution in [0.2, 0.25) is 0 Å². The molecule has 0 radical (unpaired) electrons. The minimum atomic E-state index is -0.692. The molecule has 0 atom stereocenters. The van der Waals surface area contributed by atoms with Crippen molar-refractivity contribution in [2.45, 2.75) is 0 Å². The molecule has 0 saturated heterocycles. The second kappa shape index (κ2) is 6.15. The van der Waals surface area contributed by atoms with Crippen LogP contribution in [0, 0.1) is 0 Å². The molecule has 6 nitrogen and oxygen atoms in total. The Morgan fingerprint density at radius 1 is 0.957 bits per heavy atom. The molecule has 0 aliphatic carbocycles. The van der Waals surface area contributed by atoms with Crippen LogP contribution in [-0.4, -0.2) is 26.6 Å². The van der Waals surface area contributed by atoms with Gasteiger partial charge in [-0.15, -0.1) is 0 Å². The Morgan fingerprint density at radius 2 is 1.65 bits per heavy atom. The Morgan fingerprint density at radius 3 is 2.30 bits per heavy atom. The average molecular weight is 304 g/mol. The zero-order chi connectivity index (χ0) is 16.2. The second-order valence-corrected chi connectivity index (χ2v) is 4.77. The molecule has 2 heterocycles. The molecule has 1 aromatic carbocycles. The van der Waals surface area contributed by atoms with Gasteiger partial charge in [0, 0.05) is 29.7 Å². The minimum absolute atomic E-state index is 0.0545. The van der Waals surface area contributed by atoms with Gasteiger partial charge in [-0.3, -0.25) is 14.6 Å². The number of primary amides is 1. The molecule has 2 N–H and O–H groups in total. The molecule has 0 saturated carbocycles. The van der Waals surface area contributed by atoms with Crippen molar-refractivity contribution >= 4 is 11.7 Å². The summed E-state index contributed by atoms with van der Waals surface area (Å²) in [6.07, 6.45) is 5.59. The van der Waals surface area contributed by atoms with Gasteiger partial charge in [0.25, 0.3) is 5.91 Å². The molecule has 0 bridgehead atoms. The summed E-state index contributed by atoms with van der Waals surface area (Å²) in [6, 6.07) is 10.6. The zero-order valence-electron chi connectivity index (χ0n) is 12.0. The second-order valence-electron chi connectivity index (χ2n) is 4.77. The Bertz CT molecular complexity index is 864. The number of carbonyl (C=O) groups excluding carboxylic acids is 2. The molecular formula is C17H12N4O2. The fourth-order valence-corrected chi connectivity index (χ4v) is 2.31. The van der Waals surface area contributed by atoms with Crippen molar-refractivity contribution in [3.63, 3.8) is 0 Å². The van der Waals surface area contributed by atoms with Crippen LogP contribution < -0.4 is 5.73 Å². The first-order chi connectivity index (χ1) is 11.2. The van der Waals surface area contributed by atoms with E-state index < -0.39 is 5.91 Å². The molecule has 1 amide bonds. The summed E-state index contributed by atoms with van der Waals surface area (Å²) < 4.78 is 0. The highest BCUT2D eigenvalue weighted by Gasteiger charge is 2.21. The SMILES string of the molecule is NC(=O)c1nccc(C(=O)c2cncnc2)c1-c1ccccc1. The van der Waals surface area contributed by atoms with Crippen molar-refractivity contribution in [2.24, 2.45) is 5.73 Å². The molecule has 0 aliphatic rings. The summed E-state index contributed by atoms with van der Waals surface area (Å²) in [5.41, 5.74) is 7.23. The lowest BCUT2D eigenvalue weighted by atomic mass is 9.93. The quantitative estimate of drug-likeness (QED) is 0.742. The Balaban J connectivity index is 2.24. The van der Waals surface area contributed by atoms with E-state index in [1.807, 2.05) is 18.2 Å². The largest absolute Gasteiger partial charge is 0.364 e. The van der Waals surface area contributed by atoms with Gasteiger partial charge in [0.1, 0.15) is 12.0 Å². The van der Waals surface area contributed by atoms with Gasteiger partial charge < -0.3 is 5.73 Å². The lowest BCUT2D eigenvalue weighted by molar-refractivity contribution is 0.0996. The number of benzene rings is 1. The van der Waals surface area contributed by atoms with Gasteiger partial charge in [-0.1, -0.05) is 30.3 Å². The van der Waals surface area contributed by atoms with E-state index in [9.17, 15) is 9.59 Å². The number of amides is 1. The molecule has 112 valence electrons. The number of rotatable bonds is 4. The number of ketones is 1. The monoisotopic (exact) mass is 304 g/mol. The van der Waals surface area contributed by atoms with Gasteiger partial charge in [-0.25, -0.2) is 9.97 Å². The van der Waals surface area contributed by atoms with Crippen LogP contribution in [0.15, 0.2) is 61.3 Å². The van der Waals surface area contributed by atoms with Crippen molar-refractivity contribution in [3.8, 4) is 11.1 Å². The van der Waals surface area contributed by atoms with E-state index in [0.29, 0.717) is 22.3 Å². The third-order valence-corrected chi connectivity index (χ3v) is 3.31. The average Bonchev–Trinajstić information content (AvgIpc) is 2.62. The van der Waals surface area contributed by atoms with Crippen molar-refractivity contribution in [2.75, 3.05) is 0 Å². The highest BCUT2D eigenvalue weighted by Crippen LogP contribution is 2.28. The molecule has 0 fully saturated rings. The molecule has 2 aromatic heterocycles. The molecule has 0 aliphatic heterocycles. The molecular weight excluding hydrogens is 292 g/mol. The number of hydrogen-bond acceptors (Lipinski definition) is 5. The van der Waals surface area contributed by atoms with Crippen molar-refractivity contribution < 1.29 is 9.59 Å². The van der Waals surface area contributed by atoms with Gasteiger partial charge in [0.05, 0.1) is 5.56 Å². The Labute approximate surface area is 132 Å². The van der Waals surface area contributed by atoms with Crippen LogP contribution in [-0.2, 0) is 0 Å². The van der Waals surface area contributed by atoms with Crippen LogP contribution in [0.5, 0.6) is 0 Å². The fourth-order valence-electron chi connectivity index (χ4n) is 2.31. The number of pyridine rings is 1. The number of aromatic nitrogens is 3. The van der Waals surface area contributed by atoms with Crippen molar-refractivity contribution in [3.05, 3.63) is 78.1 Å². The third kappa shape index (κ3) is 2.82. The van der Waals surface area contributed by atoms with Crippen LogP contribution in [0.4, 0.5) is 0 Å². The summed E-state index contributed by atoms with van der Waals surface area (Å²) >= 11 is 0. The zero-order valence-corrected chi connectivity index (χ0v) is 12.0. The van der Waals surface area contributed by atoms with E-state index in [2.05, 4.69) is 15.0 Å². The summed E-state index contributed by atoms with van der Waals surface area (Å²) in [7, 11) is 0. The minimum Gasteiger partial charge on any atom is -0.364 e. The summed E-state index contributed by atoms with van der Waals surface area (Å²) in [6.45, 7) is 0. The predicted molar refractivity (Wildman–Crippen MR) is 83.7 cm³/mol. The van der Waals surface area contributed by atoms with Crippen LogP contribution in [0.25, 0.3) is 11.1 Å². The molecule has 23 heavy (non-hydrogen) atoms.